The summed E-state index contributed by atoms with van der Waals surface area (Å²) in [4.78, 5) is 0. The normalized spacial score (nSPS) is 23.1. The van der Waals surface area contributed by atoms with Gasteiger partial charge in [-0.2, -0.15) is 0 Å². The number of nitrogens with one attached hydrogen (secondary N) is 1. The van der Waals surface area contributed by atoms with E-state index in [-0.39, 0.29) is 18.3 Å². The maximum Gasteiger partial charge on any atom is 0.495 e. The van der Waals surface area contributed by atoms with Crippen molar-refractivity contribution in [2.24, 2.45) is 0 Å². The Balaban J connectivity index is 1.68. The summed E-state index contributed by atoms with van der Waals surface area (Å²) < 4.78 is 12.7. The van der Waals surface area contributed by atoms with Crippen LogP contribution in [0, 0.1) is 6.92 Å². The van der Waals surface area contributed by atoms with E-state index >= 15 is 0 Å². The van der Waals surface area contributed by atoms with Gasteiger partial charge < -0.3 is 14.6 Å². The Morgan fingerprint density at radius 2 is 1.65 bits per heavy atom. The molecule has 1 fully saturated rings. The van der Waals surface area contributed by atoms with Gasteiger partial charge >= 0.3 is 7.12 Å². The van der Waals surface area contributed by atoms with Crippen LogP contribution in [0.4, 0.5) is 5.69 Å². The third-order valence-corrected chi connectivity index (χ3v) is 6.26. The van der Waals surface area contributed by atoms with Gasteiger partial charge in [-0.1, -0.05) is 36.4 Å². The zero-order chi connectivity index (χ0) is 18.5. The molecule has 0 amide bonds. The minimum atomic E-state index is -0.321. The minimum absolute atomic E-state index is 0.293. The number of hydrogen-bond acceptors (Lipinski definition) is 3. The fourth-order valence-corrected chi connectivity index (χ4v) is 3.96. The standard InChI is InChI=1S/C22H28BNO2/c1-15-9-6-7-12-18(15)24-19-14-13-16-10-8-11-17(20(16)19)23-25-21(2,3)22(4,5)26-23/h6-12,19,24H,13-14H2,1-5H3. The highest BCUT2D eigenvalue weighted by molar-refractivity contribution is 6.62. The first kappa shape index (κ1) is 17.6. The Kier molecular flexibility index (Phi) is 4.16. The Morgan fingerprint density at radius 1 is 0.962 bits per heavy atom. The molecule has 1 heterocycles. The monoisotopic (exact) mass is 349 g/mol. The summed E-state index contributed by atoms with van der Waals surface area (Å²) >= 11 is 0. The number of fused-ring (bicyclic) bond motifs is 1. The predicted molar refractivity (Wildman–Crippen MR) is 108 cm³/mol. The second kappa shape index (κ2) is 6.14. The zero-order valence-electron chi connectivity index (χ0n) is 16.4. The molecule has 1 aliphatic heterocycles. The summed E-state index contributed by atoms with van der Waals surface area (Å²) in [5, 5.41) is 3.76. The molecule has 1 atom stereocenters. The Labute approximate surface area is 157 Å². The van der Waals surface area contributed by atoms with Crippen LogP contribution < -0.4 is 10.8 Å². The van der Waals surface area contributed by atoms with Crippen molar-refractivity contribution < 1.29 is 9.31 Å². The molecule has 0 aromatic heterocycles. The summed E-state index contributed by atoms with van der Waals surface area (Å²) in [6.07, 6.45) is 2.19. The lowest BCUT2D eigenvalue weighted by Gasteiger charge is -2.32. The third-order valence-electron chi connectivity index (χ3n) is 6.26. The molecule has 4 heteroatoms. The molecule has 0 saturated carbocycles. The first-order valence-electron chi connectivity index (χ1n) is 9.58. The fourth-order valence-electron chi connectivity index (χ4n) is 3.96. The molecule has 136 valence electrons. The summed E-state index contributed by atoms with van der Waals surface area (Å²) in [7, 11) is -0.311. The van der Waals surface area contributed by atoms with Crippen LogP contribution in [0.1, 0.15) is 56.8 Å². The van der Waals surface area contributed by atoms with E-state index in [0.29, 0.717) is 6.04 Å². The molecule has 0 spiro atoms. The second-order valence-corrected chi connectivity index (χ2v) is 8.56. The van der Waals surface area contributed by atoms with E-state index < -0.39 is 0 Å². The highest BCUT2D eigenvalue weighted by Crippen LogP contribution is 2.39. The van der Waals surface area contributed by atoms with Crippen molar-refractivity contribution in [2.45, 2.75) is 64.7 Å². The quantitative estimate of drug-likeness (QED) is 0.834. The highest BCUT2D eigenvalue weighted by atomic mass is 16.7. The lowest BCUT2D eigenvalue weighted by molar-refractivity contribution is 0.00578. The number of anilines is 1. The maximum atomic E-state index is 6.35. The number of para-hydroxylation sites is 1. The van der Waals surface area contributed by atoms with Crippen LogP contribution in [-0.4, -0.2) is 18.3 Å². The molecule has 26 heavy (non-hydrogen) atoms. The molecular formula is C22H28BNO2. The van der Waals surface area contributed by atoms with E-state index in [0.717, 1.165) is 12.8 Å². The van der Waals surface area contributed by atoms with E-state index in [1.165, 1.54) is 27.8 Å². The average molecular weight is 349 g/mol. The fraction of sp³-hybridized carbons (Fsp3) is 0.455. The molecule has 1 saturated heterocycles. The molecule has 0 radical (unpaired) electrons. The first-order chi connectivity index (χ1) is 12.3. The summed E-state index contributed by atoms with van der Waals surface area (Å²) in [5.41, 5.74) is 5.76. The van der Waals surface area contributed by atoms with Gasteiger partial charge in [0.25, 0.3) is 0 Å². The molecule has 2 aromatic carbocycles. The second-order valence-electron chi connectivity index (χ2n) is 8.56. The van der Waals surface area contributed by atoms with Gasteiger partial charge in [0.15, 0.2) is 0 Å². The van der Waals surface area contributed by atoms with Crippen LogP contribution in [0.25, 0.3) is 0 Å². The van der Waals surface area contributed by atoms with Gasteiger partial charge in [-0.3, -0.25) is 0 Å². The maximum absolute atomic E-state index is 6.35. The van der Waals surface area contributed by atoms with Gasteiger partial charge in [0.2, 0.25) is 0 Å². The van der Waals surface area contributed by atoms with Crippen molar-refractivity contribution in [1.82, 2.24) is 0 Å². The predicted octanol–water partition coefficient (Wildman–Crippen LogP) is 4.39. The average Bonchev–Trinajstić information content (AvgIpc) is 3.08. The van der Waals surface area contributed by atoms with Gasteiger partial charge in [-0.25, -0.2) is 0 Å². The van der Waals surface area contributed by atoms with E-state index in [4.69, 9.17) is 9.31 Å². The van der Waals surface area contributed by atoms with Crippen LogP contribution in [0.2, 0.25) is 0 Å². The van der Waals surface area contributed by atoms with Gasteiger partial charge in [-0.15, -0.1) is 0 Å². The number of aryl methyl sites for hydroxylation is 2. The molecule has 0 bridgehead atoms. The zero-order valence-corrected chi connectivity index (χ0v) is 16.4. The molecule has 3 nitrogen and oxygen atoms in total. The first-order valence-corrected chi connectivity index (χ1v) is 9.58. The Bertz CT molecular complexity index is 815. The summed E-state index contributed by atoms with van der Waals surface area (Å²) in [6.45, 7) is 10.6. The van der Waals surface area contributed by atoms with Crippen molar-refractivity contribution in [3.05, 3.63) is 59.2 Å². The summed E-state index contributed by atoms with van der Waals surface area (Å²) in [6, 6.07) is 15.3. The lowest BCUT2D eigenvalue weighted by atomic mass is 9.74. The Morgan fingerprint density at radius 3 is 2.35 bits per heavy atom. The van der Waals surface area contributed by atoms with Gasteiger partial charge in [-0.05, 0) is 75.7 Å². The largest absolute Gasteiger partial charge is 0.495 e. The van der Waals surface area contributed by atoms with Crippen LogP contribution in [-0.2, 0) is 15.7 Å². The van der Waals surface area contributed by atoms with Crippen molar-refractivity contribution in [1.29, 1.82) is 0 Å². The number of benzene rings is 2. The topological polar surface area (TPSA) is 30.5 Å². The van der Waals surface area contributed by atoms with Crippen LogP contribution in [0.3, 0.4) is 0 Å². The van der Waals surface area contributed by atoms with Crippen LogP contribution in [0.5, 0.6) is 0 Å². The van der Waals surface area contributed by atoms with E-state index in [2.05, 4.69) is 82.4 Å². The van der Waals surface area contributed by atoms with Crippen molar-refractivity contribution in [3.63, 3.8) is 0 Å². The van der Waals surface area contributed by atoms with Crippen molar-refractivity contribution in [2.75, 3.05) is 5.32 Å². The number of rotatable bonds is 3. The SMILES string of the molecule is Cc1ccccc1NC1CCc2cccc(B3OC(C)(C)C(C)(C)O3)c21. The smallest absolute Gasteiger partial charge is 0.399 e. The van der Waals surface area contributed by atoms with Gasteiger partial charge in [0.1, 0.15) is 0 Å². The van der Waals surface area contributed by atoms with Crippen molar-refractivity contribution >= 4 is 18.3 Å². The molecule has 2 aliphatic rings. The van der Waals surface area contributed by atoms with Crippen LogP contribution in [0.15, 0.2) is 42.5 Å². The van der Waals surface area contributed by atoms with Crippen molar-refractivity contribution in [3.8, 4) is 0 Å². The molecule has 4 rings (SSSR count). The molecule has 1 unspecified atom stereocenters. The van der Waals surface area contributed by atoms with Gasteiger partial charge in [0, 0.05) is 5.69 Å². The van der Waals surface area contributed by atoms with Gasteiger partial charge in [0.05, 0.1) is 17.2 Å². The minimum Gasteiger partial charge on any atom is -0.399 e. The van der Waals surface area contributed by atoms with E-state index in [1.807, 2.05) is 0 Å². The molecule has 2 aromatic rings. The van der Waals surface area contributed by atoms with E-state index in [9.17, 15) is 0 Å². The van der Waals surface area contributed by atoms with Crippen LogP contribution >= 0.6 is 0 Å². The lowest BCUT2D eigenvalue weighted by Crippen LogP contribution is -2.41. The number of hydrogen-bond donors (Lipinski definition) is 1. The molecule has 1 N–H and O–H groups in total. The molecule has 1 aliphatic carbocycles. The van der Waals surface area contributed by atoms with E-state index in [1.54, 1.807) is 0 Å². The Hall–Kier alpha value is -1.78. The highest BCUT2D eigenvalue weighted by Gasteiger charge is 2.52. The molecular weight excluding hydrogens is 321 g/mol. The third kappa shape index (κ3) is 2.85. The summed E-state index contributed by atoms with van der Waals surface area (Å²) in [5.74, 6) is 0.